The van der Waals surface area contributed by atoms with Gasteiger partial charge in [0, 0.05) is 9.60 Å². The van der Waals surface area contributed by atoms with Crippen molar-refractivity contribution in [3.63, 3.8) is 0 Å². The largest absolute Gasteiger partial charge is 0.393 e. The van der Waals surface area contributed by atoms with Crippen molar-refractivity contribution < 1.29 is 19.8 Å². The third-order valence-electron chi connectivity index (χ3n) is 9.95. The van der Waals surface area contributed by atoms with Crippen molar-refractivity contribution in [2.24, 2.45) is 46.3 Å². The van der Waals surface area contributed by atoms with Crippen LogP contribution in [-0.2, 0) is 0 Å². The summed E-state index contributed by atoms with van der Waals surface area (Å²) in [5.41, 5.74) is 1.42. The third kappa shape index (κ3) is 3.65. The minimum Gasteiger partial charge on any atom is -0.393 e. The molecule has 2 heteroatoms. The molecule has 0 aliphatic heterocycles. The van der Waals surface area contributed by atoms with E-state index in [0.29, 0.717) is 36.5 Å². The van der Waals surface area contributed by atoms with Crippen molar-refractivity contribution in [3.05, 3.63) is 11.6 Å². The molecule has 0 aromatic carbocycles. The number of aliphatic hydroxyl groups is 2. The fourth-order valence-electron chi connectivity index (χ4n) is 8.41. The van der Waals surface area contributed by atoms with Crippen LogP contribution in [0.3, 0.4) is 0 Å². The summed E-state index contributed by atoms with van der Waals surface area (Å²) in [6.07, 6.45) is 9.14. The Morgan fingerprint density at radius 3 is 2.66 bits per heavy atom. The molecule has 0 radical (unpaired) electrons. The molecule has 0 amide bonds. The lowest BCUT2D eigenvalue weighted by Gasteiger charge is -2.59. The Balaban J connectivity index is 1.47. The van der Waals surface area contributed by atoms with Gasteiger partial charge in [-0.3, -0.25) is 0 Å². The highest BCUT2D eigenvalue weighted by atomic mass is 16.3. The van der Waals surface area contributed by atoms with E-state index in [2.05, 4.69) is 26.8 Å². The monoisotopic (exact) mass is 409 g/mol. The van der Waals surface area contributed by atoms with Gasteiger partial charge in [0.25, 0.3) is 0 Å². The molecule has 29 heavy (non-hydrogen) atoms. The molecule has 2 nitrogen and oxygen atoms in total. The average molecular weight is 410 g/mol. The van der Waals surface area contributed by atoms with Crippen LogP contribution in [0.2, 0.25) is 0 Å². The first kappa shape index (κ1) is 14.7. The van der Waals surface area contributed by atoms with E-state index in [1.807, 2.05) is 0 Å². The molecule has 0 aromatic rings. The number of rotatable bonds is 5. The first-order chi connectivity index (χ1) is 16.5. The molecule has 0 spiro atoms. The van der Waals surface area contributed by atoms with Crippen LogP contribution in [0.5, 0.6) is 0 Å². The van der Waals surface area contributed by atoms with Gasteiger partial charge in [-0.25, -0.2) is 0 Å². The molecule has 0 saturated heterocycles. The highest BCUT2D eigenvalue weighted by molar-refractivity contribution is 5.27. The summed E-state index contributed by atoms with van der Waals surface area (Å²) in [5.74, 6) is -0.574. The summed E-state index contributed by atoms with van der Waals surface area (Å²) in [6.45, 7) is 1.26. The van der Waals surface area contributed by atoms with Crippen LogP contribution in [0.25, 0.3) is 0 Å². The van der Waals surface area contributed by atoms with Gasteiger partial charge in [0.2, 0.25) is 0 Å². The van der Waals surface area contributed by atoms with Crippen molar-refractivity contribution in [3.8, 4) is 0 Å². The maximum absolute atomic E-state index is 11.3. The van der Waals surface area contributed by atoms with Crippen LogP contribution in [0.4, 0.5) is 0 Å². The van der Waals surface area contributed by atoms with Crippen LogP contribution in [0, 0.1) is 46.3 Å². The van der Waals surface area contributed by atoms with Gasteiger partial charge in [-0.2, -0.15) is 0 Å². The van der Waals surface area contributed by atoms with Crippen LogP contribution in [0.15, 0.2) is 11.6 Å². The first-order valence-electron chi connectivity index (χ1n) is 15.5. The smallest absolute Gasteiger partial charge is 0.0757 e. The second-order valence-corrected chi connectivity index (χ2v) is 11.4. The maximum atomic E-state index is 11.3. The summed E-state index contributed by atoms with van der Waals surface area (Å²) in [7, 11) is 0. The molecule has 4 rings (SSSR count). The summed E-state index contributed by atoms with van der Waals surface area (Å²) < 4.78 is 54.4. The quantitative estimate of drug-likeness (QED) is 0.519. The zero-order valence-corrected chi connectivity index (χ0v) is 18.6. The predicted molar refractivity (Wildman–Crippen MR) is 120 cm³/mol. The second kappa shape index (κ2) is 7.97. The lowest BCUT2D eigenvalue weighted by atomic mass is 9.46. The molecule has 2 N–H and O–H groups in total. The highest BCUT2D eigenvalue weighted by Crippen LogP contribution is 2.67. The topological polar surface area (TPSA) is 40.5 Å². The Hall–Kier alpha value is -0.340. The standard InChI is InChI=1S/C27H46O2/c1-17(2)7-6-8-18(3)21-9-10-22-25-23(12-14-27(21,22)5)26(4)13-11-20(28)15-19(26)16-24(25)29/h16-18,20-25,28-29H,6-15H2,1-5H3/t18?,20-,21+,22-,23-,24+,25-,26-,27+/m0/s1/i1D3,2D3,17D. The molecule has 4 aliphatic carbocycles. The molecule has 1 unspecified atom stereocenters. The predicted octanol–water partition coefficient (Wildman–Crippen LogP) is 6.36. The van der Waals surface area contributed by atoms with Crippen LogP contribution in [0.1, 0.15) is 108 Å². The van der Waals surface area contributed by atoms with Gasteiger partial charge in [0.15, 0.2) is 0 Å². The molecular weight excluding hydrogens is 356 g/mol. The van der Waals surface area contributed by atoms with E-state index in [1.54, 1.807) is 0 Å². The van der Waals surface area contributed by atoms with Gasteiger partial charge < -0.3 is 10.2 Å². The Morgan fingerprint density at radius 1 is 1.10 bits per heavy atom. The first-order valence-corrected chi connectivity index (χ1v) is 12.0. The number of hydrogen-bond donors (Lipinski definition) is 2. The Morgan fingerprint density at radius 2 is 1.90 bits per heavy atom. The van der Waals surface area contributed by atoms with E-state index in [4.69, 9.17) is 9.60 Å². The number of fused-ring (bicyclic) bond motifs is 5. The lowest BCUT2D eigenvalue weighted by Crippen LogP contribution is -2.54. The van der Waals surface area contributed by atoms with Gasteiger partial charge in [0.1, 0.15) is 0 Å². The zero-order valence-electron chi connectivity index (χ0n) is 25.6. The van der Waals surface area contributed by atoms with Crippen molar-refractivity contribution in [2.45, 2.75) is 111 Å². The molecule has 0 aromatic heterocycles. The summed E-state index contributed by atoms with van der Waals surface area (Å²) in [6, 6.07) is 0. The Bertz CT molecular complexity index is 838. The summed E-state index contributed by atoms with van der Waals surface area (Å²) in [5, 5.41) is 21.6. The van der Waals surface area contributed by atoms with E-state index in [1.165, 1.54) is 5.57 Å². The lowest BCUT2D eigenvalue weighted by molar-refractivity contribution is -0.0970. The van der Waals surface area contributed by atoms with Crippen molar-refractivity contribution in [1.82, 2.24) is 0 Å². The van der Waals surface area contributed by atoms with Gasteiger partial charge in [-0.15, -0.1) is 0 Å². The molecule has 4 aliphatic rings. The van der Waals surface area contributed by atoms with Gasteiger partial charge in [-0.1, -0.05) is 65.4 Å². The van der Waals surface area contributed by atoms with E-state index in [0.717, 1.165) is 44.9 Å². The van der Waals surface area contributed by atoms with Crippen molar-refractivity contribution in [1.29, 1.82) is 0 Å². The van der Waals surface area contributed by atoms with Crippen molar-refractivity contribution in [2.75, 3.05) is 0 Å². The molecule has 9 atom stereocenters. The minimum absolute atomic E-state index is 0.0656. The van der Waals surface area contributed by atoms with Crippen LogP contribution >= 0.6 is 0 Å². The molecule has 166 valence electrons. The summed E-state index contributed by atoms with van der Waals surface area (Å²) >= 11 is 0. The number of aliphatic hydroxyl groups excluding tert-OH is 2. The van der Waals surface area contributed by atoms with E-state index >= 15 is 0 Å². The van der Waals surface area contributed by atoms with E-state index < -0.39 is 25.7 Å². The van der Waals surface area contributed by atoms with Crippen LogP contribution < -0.4 is 0 Å². The molecule has 0 heterocycles. The minimum atomic E-state index is -2.85. The second-order valence-electron chi connectivity index (χ2n) is 11.4. The van der Waals surface area contributed by atoms with Gasteiger partial charge in [0.05, 0.1) is 12.2 Å². The Labute approximate surface area is 189 Å². The summed E-state index contributed by atoms with van der Waals surface area (Å²) in [4.78, 5) is 0. The molecule has 3 saturated carbocycles. The van der Waals surface area contributed by atoms with Gasteiger partial charge >= 0.3 is 0 Å². The van der Waals surface area contributed by atoms with Crippen LogP contribution in [-0.4, -0.2) is 22.4 Å². The fourth-order valence-corrected chi connectivity index (χ4v) is 8.41. The van der Waals surface area contributed by atoms with E-state index in [9.17, 15) is 10.2 Å². The number of hydrogen-bond acceptors (Lipinski definition) is 2. The van der Waals surface area contributed by atoms with E-state index in [-0.39, 0.29) is 29.3 Å². The normalized spacial score (nSPS) is 52.7. The maximum Gasteiger partial charge on any atom is 0.0757 e. The average Bonchev–Trinajstić information content (AvgIpc) is 3.10. The third-order valence-corrected chi connectivity index (χ3v) is 9.95. The Kier molecular flexibility index (Phi) is 4.03. The zero-order chi connectivity index (χ0) is 26.9. The fraction of sp³-hybridized carbons (Fsp3) is 0.926. The highest BCUT2D eigenvalue weighted by Gasteiger charge is 2.61. The molecular formula is C27H46O2. The SMILES string of the molecule is [2H]C([2H])([2H])C([2H])(CCCC(C)[C@H]1CC[C@H]2[C@@H]3[C@H](O)C=C4C[C@@H](O)CC[C@]4(C)[C@H]3CC[C@]12C)C([2H])([2H])[2H]. The van der Waals surface area contributed by atoms with Gasteiger partial charge in [-0.05, 0) is 91.3 Å². The molecule has 3 fully saturated rings. The van der Waals surface area contributed by atoms with Crippen molar-refractivity contribution >= 4 is 0 Å². The molecule has 0 bridgehead atoms.